The van der Waals surface area contributed by atoms with Gasteiger partial charge in [-0.3, -0.25) is 9.48 Å². The molecule has 0 spiro atoms. The summed E-state index contributed by atoms with van der Waals surface area (Å²) in [4.78, 5) is 13.1. The van der Waals surface area contributed by atoms with Crippen LogP contribution in [-0.4, -0.2) is 22.2 Å². The highest BCUT2D eigenvalue weighted by atomic mass is 79.9. The maximum atomic E-state index is 12.4. The standard InChI is InChI=1S/C22H26BrN3O2S/c1-13-8-14(2)15(3)19(9-13)28-11-18-10-20(29-12-18)22(27)24-6-7-26-17(5)21(23)16(4)25-26/h8-10,12H,6-7,11H2,1-5H3,(H,24,27). The van der Waals surface area contributed by atoms with Gasteiger partial charge in [0.2, 0.25) is 0 Å². The van der Waals surface area contributed by atoms with Gasteiger partial charge in [-0.05, 0) is 84.8 Å². The van der Waals surface area contributed by atoms with Crippen LogP contribution in [0.2, 0.25) is 0 Å². The second-order valence-corrected chi connectivity index (χ2v) is 8.98. The predicted molar refractivity (Wildman–Crippen MR) is 121 cm³/mol. The number of benzene rings is 1. The van der Waals surface area contributed by atoms with Crippen LogP contribution in [0, 0.1) is 34.6 Å². The van der Waals surface area contributed by atoms with Gasteiger partial charge < -0.3 is 10.1 Å². The molecule has 3 rings (SSSR count). The van der Waals surface area contributed by atoms with Gasteiger partial charge in [-0.25, -0.2) is 0 Å². The van der Waals surface area contributed by atoms with E-state index in [1.165, 1.54) is 22.5 Å². The summed E-state index contributed by atoms with van der Waals surface area (Å²) >= 11 is 4.96. The Kier molecular flexibility index (Phi) is 6.80. The number of nitrogens with one attached hydrogen (secondary N) is 1. The van der Waals surface area contributed by atoms with Crippen molar-refractivity contribution in [2.24, 2.45) is 0 Å². The number of aromatic nitrogens is 2. The van der Waals surface area contributed by atoms with Crippen molar-refractivity contribution in [3.8, 4) is 5.75 Å². The van der Waals surface area contributed by atoms with Crippen molar-refractivity contribution in [1.29, 1.82) is 0 Å². The normalized spacial score (nSPS) is 11.0. The summed E-state index contributed by atoms with van der Waals surface area (Å²) in [6.45, 7) is 11.8. The summed E-state index contributed by atoms with van der Waals surface area (Å²) in [5.74, 6) is 0.833. The largest absolute Gasteiger partial charge is 0.489 e. The average molecular weight is 476 g/mol. The zero-order chi connectivity index (χ0) is 21.1. The Balaban J connectivity index is 1.54. The summed E-state index contributed by atoms with van der Waals surface area (Å²) < 4.78 is 8.92. The van der Waals surface area contributed by atoms with E-state index >= 15 is 0 Å². The second kappa shape index (κ2) is 9.13. The first-order valence-corrected chi connectivity index (χ1v) is 11.2. The van der Waals surface area contributed by atoms with Gasteiger partial charge in [0.05, 0.1) is 21.6 Å². The number of thiophene rings is 1. The summed E-state index contributed by atoms with van der Waals surface area (Å²) in [7, 11) is 0. The van der Waals surface area contributed by atoms with E-state index in [0.29, 0.717) is 24.6 Å². The molecule has 0 fully saturated rings. The van der Waals surface area contributed by atoms with E-state index < -0.39 is 0 Å². The van der Waals surface area contributed by atoms with Crippen LogP contribution in [0.3, 0.4) is 0 Å². The van der Waals surface area contributed by atoms with Gasteiger partial charge in [-0.2, -0.15) is 5.10 Å². The van der Waals surface area contributed by atoms with Gasteiger partial charge in [0.1, 0.15) is 12.4 Å². The molecule has 0 saturated carbocycles. The van der Waals surface area contributed by atoms with Gasteiger partial charge >= 0.3 is 0 Å². The molecule has 7 heteroatoms. The van der Waals surface area contributed by atoms with Crippen LogP contribution >= 0.6 is 27.3 Å². The number of halogens is 1. The van der Waals surface area contributed by atoms with Crippen LogP contribution in [0.15, 0.2) is 28.1 Å². The molecule has 5 nitrogen and oxygen atoms in total. The molecule has 154 valence electrons. The topological polar surface area (TPSA) is 56.1 Å². The first-order valence-electron chi connectivity index (χ1n) is 9.52. The lowest BCUT2D eigenvalue weighted by Crippen LogP contribution is -2.27. The Hall–Kier alpha value is -2.12. The van der Waals surface area contributed by atoms with Crippen molar-refractivity contribution >= 4 is 33.2 Å². The predicted octanol–water partition coefficient (Wildman–Crippen LogP) is 5.26. The Morgan fingerprint density at radius 3 is 2.66 bits per heavy atom. The number of carbonyl (C=O) groups is 1. The monoisotopic (exact) mass is 475 g/mol. The van der Waals surface area contributed by atoms with Gasteiger partial charge in [-0.15, -0.1) is 11.3 Å². The molecule has 2 heterocycles. The average Bonchev–Trinajstić information content (AvgIpc) is 3.24. The summed E-state index contributed by atoms with van der Waals surface area (Å²) in [5.41, 5.74) is 6.58. The van der Waals surface area contributed by atoms with E-state index in [-0.39, 0.29) is 5.91 Å². The molecule has 0 aliphatic carbocycles. The minimum atomic E-state index is -0.0653. The number of rotatable bonds is 7. The highest BCUT2D eigenvalue weighted by molar-refractivity contribution is 9.10. The third-order valence-corrected chi connectivity index (χ3v) is 7.06. The molecule has 2 aromatic heterocycles. The van der Waals surface area contributed by atoms with E-state index in [0.717, 1.165) is 32.7 Å². The maximum Gasteiger partial charge on any atom is 0.261 e. The number of aryl methyl sites for hydroxylation is 3. The highest BCUT2D eigenvalue weighted by Crippen LogP contribution is 2.25. The SMILES string of the molecule is Cc1cc(C)c(C)c(OCc2csc(C(=O)NCCn3nc(C)c(Br)c3C)c2)c1. The third-order valence-electron chi connectivity index (χ3n) is 4.94. The molecule has 0 aliphatic rings. The van der Waals surface area contributed by atoms with Gasteiger partial charge in [0.25, 0.3) is 5.91 Å². The molecule has 0 radical (unpaired) electrons. The molecule has 1 aromatic carbocycles. The van der Waals surface area contributed by atoms with E-state index in [2.05, 4.69) is 59.2 Å². The molecule has 0 saturated heterocycles. The first-order chi connectivity index (χ1) is 13.8. The fourth-order valence-electron chi connectivity index (χ4n) is 3.14. The van der Waals surface area contributed by atoms with E-state index in [9.17, 15) is 4.79 Å². The molecule has 0 bridgehead atoms. The smallest absolute Gasteiger partial charge is 0.261 e. The Morgan fingerprint density at radius 1 is 1.21 bits per heavy atom. The fraction of sp³-hybridized carbons (Fsp3) is 0.364. The number of amides is 1. The maximum absolute atomic E-state index is 12.4. The zero-order valence-electron chi connectivity index (χ0n) is 17.4. The van der Waals surface area contributed by atoms with Crippen LogP contribution in [0.25, 0.3) is 0 Å². The number of hydrogen-bond donors (Lipinski definition) is 1. The second-order valence-electron chi connectivity index (χ2n) is 7.28. The van der Waals surface area contributed by atoms with Crippen LogP contribution in [-0.2, 0) is 13.2 Å². The first kappa shape index (κ1) is 21.6. The van der Waals surface area contributed by atoms with Crippen molar-refractivity contribution in [1.82, 2.24) is 15.1 Å². The minimum Gasteiger partial charge on any atom is -0.489 e. The Labute approximate surface area is 184 Å². The van der Waals surface area contributed by atoms with E-state index in [1.54, 1.807) is 0 Å². The van der Waals surface area contributed by atoms with Gasteiger partial charge in [0, 0.05) is 17.8 Å². The highest BCUT2D eigenvalue weighted by Gasteiger charge is 2.12. The molecular weight excluding hydrogens is 450 g/mol. The van der Waals surface area contributed by atoms with Gasteiger partial charge in [-0.1, -0.05) is 6.07 Å². The number of ether oxygens (including phenoxy) is 1. The molecule has 0 unspecified atom stereocenters. The number of carbonyl (C=O) groups excluding carboxylic acids is 1. The van der Waals surface area contributed by atoms with Crippen LogP contribution in [0.5, 0.6) is 5.75 Å². The lowest BCUT2D eigenvalue weighted by Gasteiger charge is -2.11. The molecule has 1 N–H and O–H groups in total. The molecule has 3 aromatic rings. The van der Waals surface area contributed by atoms with Crippen LogP contribution in [0.4, 0.5) is 0 Å². The van der Waals surface area contributed by atoms with Gasteiger partial charge in [0.15, 0.2) is 0 Å². The number of nitrogens with zero attached hydrogens (tertiary/aromatic N) is 2. The molecular formula is C22H26BrN3O2S. The van der Waals surface area contributed by atoms with Crippen molar-refractivity contribution in [3.05, 3.63) is 66.6 Å². The number of hydrogen-bond acceptors (Lipinski definition) is 4. The van der Waals surface area contributed by atoms with Crippen molar-refractivity contribution in [2.45, 2.75) is 47.8 Å². The molecule has 0 atom stereocenters. The Bertz CT molecular complexity index is 1040. The quantitative estimate of drug-likeness (QED) is 0.506. The van der Waals surface area contributed by atoms with Crippen molar-refractivity contribution in [2.75, 3.05) is 6.54 Å². The molecule has 0 aliphatic heterocycles. The van der Waals surface area contributed by atoms with Crippen molar-refractivity contribution < 1.29 is 9.53 Å². The van der Waals surface area contributed by atoms with Crippen LogP contribution < -0.4 is 10.1 Å². The summed E-state index contributed by atoms with van der Waals surface area (Å²) in [6.07, 6.45) is 0. The van der Waals surface area contributed by atoms with Crippen molar-refractivity contribution in [3.63, 3.8) is 0 Å². The minimum absolute atomic E-state index is 0.0653. The summed E-state index contributed by atoms with van der Waals surface area (Å²) in [6, 6.07) is 6.11. The fourth-order valence-corrected chi connectivity index (χ4v) is 4.23. The summed E-state index contributed by atoms with van der Waals surface area (Å²) in [5, 5.41) is 9.41. The zero-order valence-corrected chi connectivity index (χ0v) is 19.8. The lowest BCUT2D eigenvalue weighted by molar-refractivity contribution is 0.0956. The van der Waals surface area contributed by atoms with E-state index in [4.69, 9.17) is 4.74 Å². The molecule has 29 heavy (non-hydrogen) atoms. The Morgan fingerprint density at radius 2 is 1.97 bits per heavy atom. The lowest BCUT2D eigenvalue weighted by atomic mass is 10.1. The van der Waals surface area contributed by atoms with E-state index in [1.807, 2.05) is 30.0 Å². The van der Waals surface area contributed by atoms with Crippen LogP contribution in [0.1, 0.15) is 43.3 Å². The third kappa shape index (κ3) is 5.08. The molecule has 1 amide bonds.